The van der Waals surface area contributed by atoms with E-state index in [2.05, 4.69) is 20.8 Å². The molecule has 0 atom stereocenters. The van der Waals surface area contributed by atoms with Gasteiger partial charge in [-0.15, -0.1) is 0 Å². The van der Waals surface area contributed by atoms with Gasteiger partial charge in [-0.25, -0.2) is 4.79 Å². The summed E-state index contributed by atoms with van der Waals surface area (Å²) >= 11 is 0. The highest BCUT2D eigenvalue weighted by molar-refractivity contribution is 6.12. The van der Waals surface area contributed by atoms with Gasteiger partial charge in [-0.3, -0.25) is 14.8 Å². The molecule has 3 N–H and O–H groups in total. The summed E-state index contributed by atoms with van der Waals surface area (Å²) in [6, 6.07) is 11.0. The Bertz CT molecular complexity index is 995. The predicted molar refractivity (Wildman–Crippen MR) is 101 cm³/mol. The van der Waals surface area contributed by atoms with Gasteiger partial charge in [0.05, 0.1) is 23.0 Å². The first kappa shape index (κ1) is 16.1. The van der Waals surface area contributed by atoms with Crippen molar-refractivity contribution >= 4 is 34.2 Å². The molecular formula is C19H19N5O2. The van der Waals surface area contributed by atoms with Crippen LogP contribution in [0, 0.1) is 0 Å². The summed E-state index contributed by atoms with van der Waals surface area (Å²) in [4.78, 5) is 26.6. The molecule has 4 rings (SSSR count). The zero-order valence-corrected chi connectivity index (χ0v) is 14.4. The monoisotopic (exact) mass is 349 g/mol. The summed E-state index contributed by atoms with van der Waals surface area (Å²) in [5.41, 5.74) is 3.97. The fourth-order valence-corrected chi connectivity index (χ4v) is 3.28. The molecule has 0 spiro atoms. The van der Waals surface area contributed by atoms with Crippen molar-refractivity contribution in [2.45, 2.75) is 13.3 Å². The zero-order chi connectivity index (χ0) is 18.1. The molecule has 2 aromatic carbocycles. The fraction of sp³-hybridized carbons (Fsp3) is 0.211. The lowest BCUT2D eigenvalue weighted by molar-refractivity contribution is 0.102. The molecule has 3 aromatic rings. The molecule has 132 valence electrons. The Kier molecular flexibility index (Phi) is 4.04. The molecule has 1 aliphatic rings. The van der Waals surface area contributed by atoms with Crippen LogP contribution in [-0.4, -0.2) is 35.2 Å². The minimum Gasteiger partial charge on any atom is -0.338 e. The quantitative estimate of drug-likeness (QED) is 0.679. The van der Waals surface area contributed by atoms with Gasteiger partial charge in [-0.05, 0) is 43.2 Å². The number of H-pyrrole nitrogens is 1. The Hall–Kier alpha value is -3.35. The van der Waals surface area contributed by atoms with Crippen LogP contribution in [0.1, 0.15) is 22.8 Å². The average molecular weight is 349 g/mol. The zero-order valence-electron chi connectivity index (χ0n) is 14.4. The summed E-state index contributed by atoms with van der Waals surface area (Å²) in [5, 5.41) is 13.4. The first-order valence-electron chi connectivity index (χ1n) is 8.59. The van der Waals surface area contributed by atoms with Crippen LogP contribution in [0.25, 0.3) is 10.9 Å². The van der Waals surface area contributed by atoms with E-state index in [1.165, 1.54) is 0 Å². The third-order valence-electron chi connectivity index (χ3n) is 4.54. The second-order valence-corrected chi connectivity index (χ2v) is 6.17. The van der Waals surface area contributed by atoms with Gasteiger partial charge in [-0.2, -0.15) is 5.10 Å². The van der Waals surface area contributed by atoms with Gasteiger partial charge in [0.2, 0.25) is 0 Å². The molecule has 2 heterocycles. The number of hydrogen-bond donors (Lipinski definition) is 3. The van der Waals surface area contributed by atoms with Gasteiger partial charge in [0, 0.05) is 24.2 Å². The molecule has 26 heavy (non-hydrogen) atoms. The van der Waals surface area contributed by atoms with Gasteiger partial charge in [0.25, 0.3) is 5.91 Å². The predicted octanol–water partition coefficient (Wildman–Crippen LogP) is 2.91. The number of aromatic nitrogens is 2. The lowest BCUT2D eigenvalue weighted by Gasteiger charge is -2.18. The Morgan fingerprint density at radius 3 is 3.00 bits per heavy atom. The van der Waals surface area contributed by atoms with Crippen LogP contribution in [0.15, 0.2) is 42.6 Å². The van der Waals surface area contributed by atoms with E-state index in [1.807, 2.05) is 37.3 Å². The molecule has 0 unspecified atom stereocenters. The molecule has 0 bridgehead atoms. The number of nitrogens with one attached hydrogen (secondary N) is 3. The van der Waals surface area contributed by atoms with Gasteiger partial charge < -0.3 is 10.6 Å². The topological polar surface area (TPSA) is 90.1 Å². The van der Waals surface area contributed by atoms with E-state index in [1.54, 1.807) is 17.2 Å². The van der Waals surface area contributed by atoms with E-state index < -0.39 is 0 Å². The molecule has 3 amide bonds. The Morgan fingerprint density at radius 1 is 1.27 bits per heavy atom. The molecule has 0 aliphatic carbocycles. The summed E-state index contributed by atoms with van der Waals surface area (Å²) in [7, 11) is 0. The number of rotatable bonds is 3. The van der Waals surface area contributed by atoms with Crippen molar-refractivity contribution < 1.29 is 9.59 Å². The normalized spacial score (nSPS) is 12.9. The summed E-state index contributed by atoms with van der Waals surface area (Å²) in [6.45, 7) is 3.12. The van der Waals surface area contributed by atoms with Crippen LogP contribution in [0.4, 0.5) is 16.2 Å². The highest BCUT2D eigenvalue weighted by Gasteiger charge is 2.24. The minimum atomic E-state index is -0.209. The van der Waals surface area contributed by atoms with Gasteiger partial charge in [0.15, 0.2) is 0 Å². The van der Waals surface area contributed by atoms with Crippen LogP contribution in [0.5, 0.6) is 0 Å². The molecule has 1 aromatic heterocycles. The SMILES string of the molecule is CCNC(=O)N1CCc2ccc(NC(=O)c3cccc4[nH]ncc34)cc21. The lowest BCUT2D eigenvalue weighted by atomic mass is 10.1. The van der Waals surface area contributed by atoms with Gasteiger partial charge in [0.1, 0.15) is 0 Å². The Morgan fingerprint density at radius 2 is 2.15 bits per heavy atom. The first-order valence-corrected chi connectivity index (χ1v) is 8.59. The number of fused-ring (bicyclic) bond motifs is 2. The number of carbonyl (C=O) groups is 2. The molecule has 0 radical (unpaired) electrons. The van der Waals surface area contributed by atoms with Gasteiger partial charge in [-0.1, -0.05) is 12.1 Å². The number of carbonyl (C=O) groups excluding carboxylic acids is 2. The highest BCUT2D eigenvalue weighted by atomic mass is 16.2. The third-order valence-corrected chi connectivity index (χ3v) is 4.54. The molecule has 0 saturated carbocycles. The molecular weight excluding hydrogens is 330 g/mol. The second-order valence-electron chi connectivity index (χ2n) is 6.17. The summed E-state index contributed by atoms with van der Waals surface area (Å²) in [5.74, 6) is -0.209. The van der Waals surface area contributed by atoms with Crippen molar-refractivity contribution in [3.8, 4) is 0 Å². The van der Waals surface area contributed by atoms with Crippen LogP contribution >= 0.6 is 0 Å². The molecule has 0 saturated heterocycles. The standard InChI is InChI=1S/C19H19N5O2/c1-2-20-19(26)24-9-8-12-6-7-13(10-17(12)24)22-18(25)14-4-3-5-16-15(14)11-21-23-16/h3-7,10-11H,2,8-9H2,1H3,(H,20,26)(H,21,23)(H,22,25). The maximum atomic E-state index is 12.7. The van der Waals surface area contributed by atoms with Crippen LogP contribution < -0.4 is 15.5 Å². The molecule has 7 heteroatoms. The Balaban J connectivity index is 1.60. The van der Waals surface area contributed by atoms with Crippen LogP contribution in [-0.2, 0) is 6.42 Å². The summed E-state index contributed by atoms with van der Waals surface area (Å²) in [6.07, 6.45) is 2.46. The molecule has 1 aliphatic heterocycles. The van der Waals surface area contributed by atoms with E-state index in [4.69, 9.17) is 0 Å². The minimum absolute atomic E-state index is 0.113. The highest BCUT2D eigenvalue weighted by Crippen LogP contribution is 2.31. The smallest absolute Gasteiger partial charge is 0.321 e. The molecule has 7 nitrogen and oxygen atoms in total. The number of anilines is 2. The first-order chi connectivity index (χ1) is 12.7. The Labute approximate surface area is 150 Å². The second kappa shape index (κ2) is 6.51. The fourth-order valence-electron chi connectivity index (χ4n) is 3.28. The number of nitrogens with zero attached hydrogens (tertiary/aromatic N) is 2. The van der Waals surface area contributed by atoms with Crippen molar-refractivity contribution in [3.05, 3.63) is 53.7 Å². The number of urea groups is 1. The number of aromatic amines is 1. The largest absolute Gasteiger partial charge is 0.338 e. The van der Waals surface area contributed by atoms with E-state index in [0.717, 1.165) is 28.6 Å². The average Bonchev–Trinajstić information content (AvgIpc) is 3.28. The third kappa shape index (κ3) is 2.77. The number of hydrogen-bond acceptors (Lipinski definition) is 3. The van der Waals surface area contributed by atoms with Crippen molar-refractivity contribution in [1.82, 2.24) is 15.5 Å². The number of amides is 3. The lowest BCUT2D eigenvalue weighted by Crippen LogP contribution is -2.38. The maximum Gasteiger partial charge on any atom is 0.321 e. The van der Waals surface area contributed by atoms with E-state index in [9.17, 15) is 9.59 Å². The summed E-state index contributed by atoms with van der Waals surface area (Å²) < 4.78 is 0. The van der Waals surface area contributed by atoms with E-state index >= 15 is 0 Å². The van der Waals surface area contributed by atoms with E-state index in [0.29, 0.717) is 24.3 Å². The van der Waals surface area contributed by atoms with Crippen LogP contribution in [0.2, 0.25) is 0 Å². The van der Waals surface area contributed by atoms with Gasteiger partial charge >= 0.3 is 6.03 Å². The van der Waals surface area contributed by atoms with E-state index in [-0.39, 0.29) is 11.9 Å². The van der Waals surface area contributed by atoms with Crippen molar-refractivity contribution in [2.75, 3.05) is 23.3 Å². The van der Waals surface area contributed by atoms with Crippen LogP contribution in [0.3, 0.4) is 0 Å². The molecule has 0 fully saturated rings. The van der Waals surface area contributed by atoms with Crippen molar-refractivity contribution in [2.24, 2.45) is 0 Å². The number of benzene rings is 2. The maximum absolute atomic E-state index is 12.7. The van der Waals surface area contributed by atoms with Crippen molar-refractivity contribution in [3.63, 3.8) is 0 Å². The van der Waals surface area contributed by atoms with Crippen molar-refractivity contribution in [1.29, 1.82) is 0 Å².